The Bertz CT molecular complexity index is 4670. The monoisotopic (exact) mass is 1530 g/mol. The fourth-order valence-corrected chi connectivity index (χ4v) is 64.3. The second-order valence-electron chi connectivity index (χ2n) is 24.3. The van der Waals surface area contributed by atoms with Crippen molar-refractivity contribution >= 4 is 158 Å². The molecule has 0 aromatic heterocycles. The second kappa shape index (κ2) is 29.0. The first-order valence-corrected chi connectivity index (χ1v) is 51.0. The van der Waals surface area contributed by atoms with Crippen LogP contribution >= 0.6 is 0 Å². The predicted molar refractivity (Wildman–Crippen MR) is 406 cm³/mol. The van der Waals surface area contributed by atoms with E-state index in [1.54, 1.807) is 11.8 Å². The lowest BCUT2D eigenvalue weighted by molar-refractivity contribution is -0.137. The van der Waals surface area contributed by atoms with Crippen molar-refractivity contribution in [2.45, 2.75) is 13.1 Å². The average Bonchev–Trinajstić information content (AvgIpc) is 1.66. The van der Waals surface area contributed by atoms with E-state index in [9.17, 15) is 13.2 Å². The molecule has 508 valence electrons. The highest BCUT2D eigenvalue weighted by atomic mass is 28.6. The third-order valence-electron chi connectivity index (χ3n) is 17.5. The molecule has 11 aromatic carbocycles. The Morgan fingerprint density at radius 1 is 0.347 bits per heavy atom. The number of rotatable bonds is 14. The van der Waals surface area contributed by atoms with Crippen LogP contribution in [0.15, 0.2) is 333 Å². The van der Waals surface area contributed by atoms with Crippen molar-refractivity contribution in [2.24, 2.45) is 0 Å². The van der Waals surface area contributed by atoms with Crippen molar-refractivity contribution in [1.29, 1.82) is 0 Å². The number of benzene rings is 11. The molecule has 10 unspecified atom stereocenters. The van der Waals surface area contributed by atoms with Crippen LogP contribution in [-0.2, 0) is 64.1 Å². The molecule has 4 fully saturated rings. The van der Waals surface area contributed by atoms with E-state index in [2.05, 4.69) is 12.1 Å². The highest BCUT2D eigenvalue weighted by Gasteiger charge is 2.76. The SMILES string of the molecule is Cc1ccc(/C=C/[Si]2(c3ccccc3)O[Si]3(c4ccccc4)O[SiH](c4ccccc4)O[Si]4(c5ccccc5)OC[SiH]5O[Si](/C=C/c6ccc(C(F)(F)F)cc6)(c6ccccc6)O[Si](O[SiH3])(c6ccccc6)O[Si](c6ccccc6)(O3)O[Si](c3ccccc3)(O5)O[Si](c3ccccc3)(O2)O4)cc1. The summed E-state index contributed by atoms with van der Waals surface area (Å²) in [5, 5.41) is 4.57. The number of fused-ring (bicyclic) bond motifs is 6. The topological polar surface area (TPSA) is 129 Å². The maximum absolute atomic E-state index is 14.4. The van der Waals surface area contributed by atoms with E-state index in [-0.39, 0.29) is 16.7 Å². The molecular weight excluding hydrogens is 1470 g/mol. The molecule has 0 amide bonds. The Morgan fingerprint density at radius 3 is 1.15 bits per heavy atom. The molecule has 0 N–H and O–H groups in total. The van der Waals surface area contributed by atoms with E-state index < -0.39 is 100 Å². The number of alkyl halides is 3. The minimum atomic E-state index is -5.50. The lowest BCUT2D eigenvalue weighted by atomic mass is 10.1. The van der Waals surface area contributed by atoms with Crippen LogP contribution in [0.5, 0.6) is 0 Å². The molecule has 6 bridgehead atoms. The second-order valence-corrected chi connectivity index (χ2v) is 53.7. The number of aryl methyl sites for hydroxylation is 1. The zero-order valence-corrected chi connectivity index (χ0v) is 66.9. The van der Waals surface area contributed by atoms with Gasteiger partial charge in [0.25, 0.3) is 0 Å². The van der Waals surface area contributed by atoms with Crippen molar-refractivity contribution in [3.63, 3.8) is 0 Å². The lowest BCUT2D eigenvalue weighted by Crippen LogP contribution is -2.86. The van der Waals surface area contributed by atoms with E-state index in [1.807, 2.05) is 304 Å². The summed E-state index contributed by atoms with van der Waals surface area (Å²) in [7, 11) is -48.8. The van der Waals surface area contributed by atoms with Gasteiger partial charge in [0.2, 0.25) is 0 Å². The van der Waals surface area contributed by atoms with Crippen molar-refractivity contribution in [2.75, 3.05) is 6.23 Å². The Morgan fingerprint density at radius 2 is 0.693 bits per heavy atom. The normalized spacial score (nSPS) is 28.6. The van der Waals surface area contributed by atoms with Crippen molar-refractivity contribution in [1.82, 2.24) is 0 Å². The average molecular weight is 1530 g/mol. The number of hydrogen-bond donors (Lipinski definition) is 0. The summed E-state index contributed by atoms with van der Waals surface area (Å²) in [4.78, 5) is 0. The molecule has 101 heavy (non-hydrogen) atoms. The van der Waals surface area contributed by atoms with Crippen LogP contribution < -0.4 is 46.7 Å². The predicted octanol–water partition coefficient (Wildman–Crippen LogP) is 7.05. The van der Waals surface area contributed by atoms with Crippen LogP contribution in [0.2, 0.25) is 0 Å². The Hall–Kier alpha value is -7.48. The van der Waals surface area contributed by atoms with Crippen LogP contribution in [0.25, 0.3) is 12.2 Å². The molecule has 4 saturated heterocycles. The van der Waals surface area contributed by atoms with Crippen LogP contribution in [0.4, 0.5) is 13.2 Å². The highest BCUT2D eigenvalue weighted by Crippen LogP contribution is 2.42. The first kappa shape index (κ1) is 69.2. The molecule has 4 heterocycles. The number of hydrogen-bond acceptors (Lipinski definition) is 14. The van der Waals surface area contributed by atoms with Gasteiger partial charge in [-0.15, -0.1) is 0 Å². The van der Waals surface area contributed by atoms with Gasteiger partial charge in [-0.3, -0.25) is 0 Å². The quantitative estimate of drug-likeness (QED) is 0.103. The molecule has 4 aliphatic heterocycles. The van der Waals surface area contributed by atoms with Crippen LogP contribution in [-0.4, -0.2) is 105 Å². The molecule has 15 rings (SSSR count). The molecular formula is C73H67F3O14Si11. The standard InChI is InChI=1S/C73H67F3O14Si11/c1-60-47-49-61(50-48-60)56-58-95(66-33-15-4-16-34-66)84-99(70-41-23-8-24-42-70)82-93(64-29-11-2-12-30-64)81-96(67-35-17-5-18-36-67)77-59-92-79-94(65-31-13-3-14-32-65,57-55-62-51-53-63(54-52-62)73(74,75)76)83-97(78-91,68-37-19-6-20-38-68)87-101(90-99,72-45-27-10-28-46-72)89-98(80-92,69-39-21-7-22-40-69)88-100(85-95,86-96)71-43-25-9-26-44-71/h2-58,92-93H,59H2,1,91H3/b57-55+,58-56+. The molecule has 28 heteroatoms. The summed E-state index contributed by atoms with van der Waals surface area (Å²) in [6.07, 6.45) is -1.24. The minimum Gasteiger partial charge on any atom is -0.422 e. The van der Waals surface area contributed by atoms with Gasteiger partial charge in [-0.05, 0) is 57.1 Å². The van der Waals surface area contributed by atoms with Crippen molar-refractivity contribution < 1.29 is 71.1 Å². The first-order valence-electron chi connectivity index (χ1n) is 32.8. The van der Waals surface area contributed by atoms with E-state index in [4.69, 9.17) is 57.9 Å². The van der Waals surface area contributed by atoms with E-state index in [0.29, 0.717) is 52.2 Å². The minimum absolute atomic E-state index is 0.0499. The third kappa shape index (κ3) is 14.1. The fraction of sp³-hybridized carbons (Fsp3) is 0.0411. The van der Waals surface area contributed by atoms with Crippen molar-refractivity contribution in [3.05, 3.63) is 355 Å². The van der Waals surface area contributed by atoms with Gasteiger partial charge >= 0.3 is 94.7 Å². The Kier molecular flexibility index (Phi) is 19.9. The smallest absolute Gasteiger partial charge is 0.422 e. The summed E-state index contributed by atoms with van der Waals surface area (Å²) < 4.78 is 161. The zero-order chi connectivity index (χ0) is 69.1. The summed E-state index contributed by atoms with van der Waals surface area (Å²) in [5.74, 6) is 0. The van der Waals surface area contributed by atoms with Gasteiger partial charge in [-0.25, -0.2) is 0 Å². The van der Waals surface area contributed by atoms with Gasteiger partial charge in [0.15, 0.2) is 0 Å². The van der Waals surface area contributed by atoms with Crippen molar-refractivity contribution in [3.8, 4) is 0 Å². The largest absolute Gasteiger partial charge is 0.521 e. The fourth-order valence-electron chi connectivity index (χ4n) is 12.5. The lowest BCUT2D eigenvalue weighted by Gasteiger charge is -2.54. The third-order valence-corrected chi connectivity index (χ3v) is 58.2. The van der Waals surface area contributed by atoms with Gasteiger partial charge in [0, 0.05) is 31.1 Å². The van der Waals surface area contributed by atoms with E-state index in [0.717, 1.165) is 23.3 Å². The Labute approximate surface area is 599 Å². The molecule has 11 aromatic rings. The summed E-state index contributed by atoms with van der Waals surface area (Å²) in [5.41, 5.74) is 5.29. The summed E-state index contributed by atoms with van der Waals surface area (Å²) in [6.45, 7) is 2.04. The summed E-state index contributed by atoms with van der Waals surface area (Å²) >= 11 is 0. The Balaban J connectivity index is 1.16. The zero-order valence-electron chi connectivity index (χ0n) is 54.6. The van der Waals surface area contributed by atoms with Gasteiger partial charge in [0.05, 0.1) is 11.8 Å². The van der Waals surface area contributed by atoms with Crippen LogP contribution in [0.3, 0.4) is 0 Å². The maximum Gasteiger partial charge on any atom is 0.521 e. The van der Waals surface area contributed by atoms with Crippen LogP contribution in [0, 0.1) is 6.92 Å². The molecule has 0 radical (unpaired) electrons. The van der Waals surface area contributed by atoms with Gasteiger partial charge in [-0.2, -0.15) is 13.2 Å². The van der Waals surface area contributed by atoms with Gasteiger partial charge < -0.3 is 57.9 Å². The van der Waals surface area contributed by atoms with E-state index >= 15 is 0 Å². The first-order chi connectivity index (χ1) is 49.2. The highest BCUT2D eigenvalue weighted by molar-refractivity contribution is 7.10. The maximum atomic E-state index is 14.4. The van der Waals surface area contributed by atoms with Gasteiger partial charge in [-0.1, -0.05) is 327 Å². The molecule has 0 saturated carbocycles. The number of halogens is 3. The molecule has 14 nitrogen and oxygen atoms in total. The molecule has 4 aliphatic rings. The molecule has 0 aliphatic carbocycles. The summed E-state index contributed by atoms with van der Waals surface area (Å²) in [6, 6.07) is 99.1. The van der Waals surface area contributed by atoms with Crippen LogP contribution in [0.1, 0.15) is 22.3 Å². The van der Waals surface area contributed by atoms with Gasteiger partial charge in [0.1, 0.15) is 10.5 Å². The van der Waals surface area contributed by atoms with E-state index in [1.165, 1.54) is 12.1 Å². The molecule has 10 atom stereocenters. The molecule has 0 spiro atoms.